The Labute approximate surface area is 126 Å². The Balaban J connectivity index is 1.65. The van der Waals surface area contributed by atoms with Crippen molar-refractivity contribution in [2.45, 2.75) is 6.42 Å². The van der Waals surface area contributed by atoms with Crippen LogP contribution in [0.3, 0.4) is 0 Å². The van der Waals surface area contributed by atoms with Gasteiger partial charge in [0, 0.05) is 18.8 Å². The zero-order valence-electron chi connectivity index (χ0n) is 11.7. The summed E-state index contributed by atoms with van der Waals surface area (Å²) in [5.41, 5.74) is 1.78. The smallest absolute Gasteiger partial charge is 0.261 e. The largest absolute Gasteiger partial charge is 0.486 e. The molecule has 0 saturated carbocycles. The summed E-state index contributed by atoms with van der Waals surface area (Å²) in [7, 11) is 0. The van der Waals surface area contributed by atoms with E-state index in [-0.39, 0.29) is 0 Å². The quantitative estimate of drug-likeness (QED) is 0.739. The molecule has 0 N–H and O–H groups in total. The van der Waals surface area contributed by atoms with Gasteiger partial charge in [0.15, 0.2) is 17.3 Å². The molecule has 0 amide bonds. The highest BCUT2D eigenvalue weighted by molar-refractivity contribution is 5.67. The molecule has 4 rings (SSSR count). The molecular weight excluding hydrogens is 282 g/mol. The predicted octanol–water partition coefficient (Wildman–Crippen LogP) is 2.49. The molecule has 6 heteroatoms. The number of hydrogen-bond donors (Lipinski definition) is 0. The zero-order chi connectivity index (χ0) is 14.8. The van der Waals surface area contributed by atoms with E-state index in [0.717, 1.165) is 11.1 Å². The van der Waals surface area contributed by atoms with Gasteiger partial charge in [-0.2, -0.15) is 4.98 Å². The van der Waals surface area contributed by atoms with Crippen molar-refractivity contribution in [3.63, 3.8) is 0 Å². The molecule has 3 heterocycles. The maximum absolute atomic E-state index is 5.67. The van der Waals surface area contributed by atoms with Gasteiger partial charge < -0.3 is 14.0 Å². The van der Waals surface area contributed by atoms with Gasteiger partial charge in [0.05, 0.1) is 5.56 Å². The summed E-state index contributed by atoms with van der Waals surface area (Å²) < 4.78 is 16.6. The van der Waals surface area contributed by atoms with Gasteiger partial charge in [0.2, 0.25) is 0 Å². The van der Waals surface area contributed by atoms with Crippen LogP contribution in [0.5, 0.6) is 11.5 Å². The van der Waals surface area contributed by atoms with Gasteiger partial charge in [0.25, 0.3) is 5.89 Å². The molecule has 0 spiro atoms. The van der Waals surface area contributed by atoms with Gasteiger partial charge >= 0.3 is 0 Å². The molecule has 1 aliphatic rings. The molecule has 0 fully saturated rings. The molecule has 6 nitrogen and oxygen atoms in total. The lowest BCUT2D eigenvalue weighted by atomic mass is 10.1. The number of pyridine rings is 1. The van der Waals surface area contributed by atoms with Crippen LogP contribution in [0.25, 0.3) is 11.5 Å². The molecule has 0 aliphatic carbocycles. The average molecular weight is 295 g/mol. The summed E-state index contributed by atoms with van der Waals surface area (Å²) in [6.45, 7) is 1.06. The zero-order valence-corrected chi connectivity index (χ0v) is 11.7. The molecular formula is C16H13N3O3. The minimum atomic E-state index is 0.432. The van der Waals surface area contributed by atoms with Crippen LogP contribution in [-0.4, -0.2) is 28.3 Å². The van der Waals surface area contributed by atoms with Gasteiger partial charge in [-0.05, 0) is 23.8 Å². The van der Waals surface area contributed by atoms with Crippen LogP contribution in [0, 0.1) is 0 Å². The first kappa shape index (κ1) is 12.8. The van der Waals surface area contributed by atoms with E-state index in [0.29, 0.717) is 42.8 Å². The normalized spacial score (nSPS) is 13.1. The maximum Gasteiger partial charge on any atom is 0.261 e. The third kappa shape index (κ3) is 2.39. The highest BCUT2D eigenvalue weighted by Crippen LogP contribution is 2.39. The van der Waals surface area contributed by atoms with Crippen molar-refractivity contribution in [3.8, 4) is 23.0 Å². The third-order valence-electron chi connectivity index (χ3n) is 3.35. The Morgan fingerprint density at radius 2 is 2.00 bits per heavy atom. The van der Waals surface area contributed by atoms with Crippen LogP contribution in [0.2, 0.25) is 0 Å². The van der Waals surface area contributed by atoms with Crippen molar-refractivity contribution in [2.24, 2.45) is 0 Å². The molecule has 0 atom stereocenters. The lowest BCUT2D eigenvalue weighted by Gasteiger charge is -2.19. The summed E-state index contributed by atoms with van der Waals surface area (Å²) in [5.74, 6) is 2.40. The fraction of sp³-hybridized carbons (Fsp3) is 0.188. The Kier molecular flexibility index (Phi) is 3.19. The van der Waals surface area contributed by atoms with Gasteiger partial charge in [-0.3, -0.25) is 4.98 Å². The van der Waals surface area contributed by atoms with Crippen molar-refractivity contribution in [3.05, 3.63) is 54.1 Å². The van der Waals surface area contributed by atoms with E-state index in [2.05, 4.69) is 15.1 Å². The molecule has 1 aliphatic heterocycles. The van der Waals surface area contributed by atoms with E-state index in [4.69, 9.17) is 14.0 Å². The molecule has 22 heavy (non-hydrogen) atoms. The fourth-order valence-corrected chi connectivity index (χ4v) is 2.36. The standard InChI is InChI=1S/C16H13N3O3/c1-4-12(15-13(5-1)20-7-8-21-15)16-18-14(19-22-16)9-11-3-2-6-17-10-11/h1-6,10H,7-9H2. The van der Waals surface area contributed by atoms with Crippen LogP contribution < -0.4 is 9.47 Å². The number of rotatable bonds is 3. The van der Waals surface area contributed by atoms with E-state index in [1.807, 2.05) is 30.3 Å². The second kappa shape index (κ2) is 5.48. The van der Waals surface area contributed by atoms with Crippen LogP contribution in [0.1, 0.15) is 11.4 Å². The van der Waals surface area contributed by atoms with Gasteiger partial charge in [-0.15, -0.1) is 0 Å². The number of nitrogens with zero attached hydrogens (tertiary/aromatic N) is 3. The molecule has 2 aromatic heterocycles. The van der Waals surface area contributed by atoms with Crippen molar-refractivity contribution < 1.29 is 14.0 Å². The SMILES string of the molecule is c1cncc(Cc2noc(-c3cccc4c3OCCO4)n2)c1. The minimum Gasteiger partial charge on any atom is -0.486 e. The Hall–Kier alpha value is -2.89. The topological polar surface area (TPSA) is 70.3 Å². The van der Waals surface area contributed by atoms with Crippen LogP contribution in [0.15, 0.2) is 47.2 Å². The Morgan fingerprint density at radius 3 is 2.91 bits per heavy atom. The van der Waals surface area contributed by atoms with Gasteiger partial charge in [-0.25, -0.2) is 0 Å². The summed E-state index contributed by atoms with van der Waals surface area (Å²) in [6, 6.07) is 9.49. The van der Waals surface area contributed by atoms with E-state index in [1.165, 1.54) is 0 Å². The fourth-order valence-electron chi connectivity index (χ4n) is 2.36. The second-order valence-electron chi connectivity index (χ2n) is 4.88. The molecule has 1 aromatic carbocycles. The Bertz CT molecular complexity index is 786. The first-order valence-electron chi connectivity index (χ1n) is 7.00. The van der Waals surface area contributed by atoms with Crippen molar-refractivity contribution in [1.29, 1.82) is 0 Å². The first-order chi connectivity index (χ1) is 10.9. The highest BCUT2D eigenvalue weighted by atomic mass is 16.6. The van der Waals surface area contributed by atoms with Crippen molar-refractivity contribution >= 4 is 0 Å². The predicted molar refractivity (Wildman–Crippen MR) is 77.8 cm³/mol. The monoisotopic (exact) mass is 295 g/mol. The Morgan fingerprint density at radius 1 is 1.05 bits per heavy atom. The first-order valence-corrected chi connectivity index (χ1v) is 7.00. The second-order valence-corrected chi connectivity index (χ2v) is 4.88. The minimum absolute atomic E-state index is 0.432. The molecule has 0 bridgehead atoms. The van der Waals surface area contributed by atoms with Crippen molar-refractivity contribution in [2.75, 3.05) is 13.2 Å². The van der Waals surface area contributed by atoms with Crippen LogP contribution in [-0.2, 0) is 6.42 Å². The molecule has 0 radical (unpaired) electrons. The van der Waals surface area contributed by atoms with Crippen molar-refractivity contribution in [1.82, 2.24) is 15.1 Å². The summed E-state index contributed by atoms with van der Waals surface area (Å²) in [6.07, 6.45) is 4.10. The molecule has 0 saturated heterocycles. The van der Waals surface area contributed by atoms with E-state index in [9.17, 15) is 0 Å². The van der Waals surface area contributed by atoms with E-state index in [1.54, 1.807) is 12.4 Å². The molecule has 110 valence electrons. The molecule has 3 aromatic rings. The van der Waals surface area contributed by atoms with Crippen LogP contribution in [0.4, 0.5) is 0 Å². The lowest BCUT2D eigenvalue weighted by molar-refractivity contribution is 0.172. The summed E-state index contributed by atoms with van der Waals surface area (Å²) in [5, 5.41) is 4.03. The maximum atomic E-state index is 5.67. The number of ether oxygens (including phenoxy) is 2. The van der Waals surface area contributed by atoms with E-state index >= 15 is 0 Å². The van der Waals surface area contributed by atoms with Gasteiger partial charge in [-0.1, -0.05) is 17.3 Å². The highest BCUT2D eigenvalue weighted by Gasteiger charge is 2.20. The van der Waals surface area contributed by atoms with E-state index < -0.39 is 0 Å². The summed E-state index contributed by atoms with van der Waals surface area (Å²) >= 11 is 0. The molecule has 0 unspecified atom stereocenters. The number of fused-ring (bicyclic) bond motifs is 1. The number of para-hydroxylation sites is 1. The number of benzene rings is 1. The number of aromatic nitrogens is 3. The van der Waals surface area contributed by atoms with Crippen LogP contribution >= 0.6 is 0 Å². The number of hydrogen-bond acceptors (Lipinski definition) is 6. The average Bonchev–Trinajstić information content (AvgIpc) is 3.03. The van der Waals surface area contributed by atoms with Gasteiger partial charge in [0.1, 0.15) is 13.2 Å². The third-order valence-corrected chi connectivity index (χ3v) is 3.35. The summed E-state index contributed by atoms with van der Waals surface area (Å²) in [4.78, 5) is 8.52. The lowest BCUT2D eigenvalue weighted by Crippen LogP contribution is -2.15.